The van der Waals surface area contributed by atoms with E-state index in [2.05, 4.69) is 16.3 Å². The van der Waals surface area contributed by atoms with Crippen LogP contribution in [0, 0.1) is 5.92 Å². The summed E-state index contributed by atoms with van der Waals surface area (Å²) in [6.07, 6.45) is 1.12. The minimum absolute atomic E-state index is 0.103. The summed E-state index contributed by atoms with van der Waals surface area (Å²) in [6.45, 7) is 2.73. The molecule has 1 aromatic carbocycles. The van der Waals surface area contributed by atoms with E-state index in [0.717, 1.165) is 48.9 Å². The summed E-state index contributed by atoms with van der Waals surface area (Å²) >= 11 is 5.66. The molecule has 3 aliphatic heterocycles. The first-order valence-electron chi connectivity index (χ1n) is 8.83. The Morgan fingerprint density at radius 2 is 2.00 bits per heavy atom. The molecule has 5 rings (SSSR count). The molecule has 1 saturated heterocycles. The van der Waals surface area contributed by atoms with Crippen LogP contribution in [0.2, 0.25) is 0 Å². The fourth-order valence-electron chi connectivity index (χ4n) is 4.24. The van der Waals surface area contributed by atoms with Crippen molar-refractivity contribution < 1.29 is 9.47 Å². The normalized spacial score (nSPS) is 22.7. The van der Waals surface area contributed by atoms with Crippen molar-refractivity contribution in [3.63, 3.8) is 0 Å². The van der Waals surface area contributed by atoms with Crippen molar-refractivity contribution in [2.24, 2.45) is 5.92 Å². The molecule has 1 fully saturated rings. The Morgan fingerprint density at radius 3 is 2.92 bits per heavy atom. The number of pyridine rings is 1. The molecule has 2 atom stereocenters. The lowest BCUT2D eigenvalue weighted by molar-refractivity contribution is 0.174. The second kappa shape index (κ2) is 6.02. The zero-order valence-corrected chi connectivity index (χ0v) is 15.0. The molecule has 0 aliphatic carbocycles. The maximum atomic E-state index is 12.1. The van der Waals surface area contributed by atoms with Crippen LogP contribution in [0.5, 0.6) is 11.5 Å². The van der Waals surface area contributed by atoms with Gasteiger partial charge in [0, 0.05) is 49.1 Å². The molecule has 0 saturated carbocycles. The summed E-state index contributed by atoms with van der Waals surface area (Å²) in [7, 11) is 0. The fourth-order valence-corrected chi connectivity index (χ4v) is 4.51. The molecule has 2 unspecified atom stereocenters. The maximum Gasteiger partial charge on any atom is 0.250 e. The van der Waals surface area contributed by atoms with E-state index >= 15 is 0 Å². The van der Waals surface area contributed by atoms with Crippen LogP contribution in [-0.2, 0) is 6.54 Å². The van der Waals surface area contributed by atoms with E-state index in [1.54, 1.807) is 6.07 Å². The second-order valence-corrected chi connectivity index (χ2v) is 7.49. The standard InChI is InChI=1S/C19H19N3O3S/c23-18-3-1-2-15-13-6-12(9-22(15)18)8-21(10-13)19(26)20-14-4-5-16-17(7-14)25-11-24-16/h1-5,7,12-13H,6,8-11H2,(H,20,26). The lowest BCUT2D eigenvalue weighted by Crippen LogP contribution is -2.50. The number of nitrogens with zero attached hydrogens (tertiary/aromatic N) is 2. The molecular formula is C19H19N3O3S. The van der Waals surface area contributed by atoms with Crippen molar-refractivity contribution in [3.8, 4) is 11.5 Å². The van der Waals surface area contributed by atoms with Crippen LogP contribution < -0.4 is 20.3 Å². The quantitative estimate of drug-likeness (QED) is 0.779. The van der Waals surface area contributed by atoms with Gasteiger partial charge in [0.1, 0.15) is 0 Å². The van der Waals surface area contributed by atoms with E-state index < -0.39 is 0 Å². The van der Waals surface area contributed by atoms with Crippen molar-refractivity contribution in [1.29, 1.82) is 0 Å². The molecule has 3 aliphatic rings. The fraction of sp³-hybridized carbons (Fsp3) is 0.368. The Balaban J connectivity index is 1.34. The van der Waals surface area contributed by atoms with Gasteiger partial charge in [-0.25, -0.2) is 0 Å². The first-order chi connectivity index (χ1) is 12.7. The number of hydrogen-bond donors (Lipinski definition) is 1. The van der Waals surface area contributed by atoms with Crippen molar-refractivity contribution in [1.82, 2.24) is 9.47 Å². The predicted octanol–water partition coefficient (Wildman–Crippen LogP) is 2.39. The monoisotopic (exact) mass is 369 g/mol. The van der Waals surface area contributed by atoms with Crippen LogP contribution in [0.1, 0.15) is 18.0 Å². The number of likely N-dealkylation sites (tertiary alicyclic amines) is 1. The van der Waals surface area contributed by atoms with Gasteiger partial charge in [0.05, 0.1) is 0 Å². The Bertz CT molecular complexity index is 942. The number of piperidine rings is 1. The van der Waals surface area contributed by atoms with E-state index in [0.29, 0.717) is 16.9 Å². The summed E-state index contributed by atoms with van der Waals surface area (Å²) in [5.41, 5.74) is 2.13. The van der Waals surface area contributed by atoms with E-state index in [-0.39, 0.29) is 12.4 Å². The van der Waals surface area contributed by atoms with Gasteiger partial charge in [-0.3, -0.25) is 4.79 Å². The second-order valence-electron chi connectivity index (χ2n) is 7.10. The first kappa shape index (κ1) is 15.7. The number of rotatable bonds is 1. The third-order valence-electron chi connectivity index (χ3n) is 5.39. The Hall–Kier alpha value is -2.54. The highest BCUT2D eigenvalue weighted by atomic mass is 32.1. The highest BCUT2D eigenvalue weighted by molar-refractivity contribution is 7.80. The largest absolute Gasteiger partial charge is 0.454 e. The zero-order valence-electron chi connectivity index (χ0n) is 14.2. The van der Waals surface area contributed by atoms with Gasteiger partial charge in [-0.15, -0.1) is 0 Å². The maximum absolute atomic E-state index is 12.1. The molecule has 2 bridgehead atoms. The average Bonchev–Trinajstić information content (AvgIpc) is 3.10. The SMILES string of the molecule is O=c1cccc2n1CC1CC2CN(C(=S)Nc2ccc3c(c2)OCO3)C1. The Kier molecular flexibility index (Phi) is 3.63. The van der Waals surface area contributed by atoms with Crippen LogP contribution >= 0.6 is 12.2 Å². The highest BCUT2D eigenvalue weighted by Gasteiger charge is 2.35. The lowest BCUT2D eigenvalue weighted by atomic mass is 9.83. The number of fused-ring (bicyclic) bond motifs is 5. The number of ether oxygens (including phenoxy) is 2. The topological polar surface area (TPSA) is 55.7 Å². The Labute approximate surface area is 156 Å². The molecule has 0 radical (unpaired) electrons. The average molecular weight is 369 g/mol. The minimum Gasteiger partial charge on any atom is -0.454 e. The highest BCUT2D eigenvalue weighted by Crippen LogP contribution is 2.36. The first-order valence-corrected chi connectivity index (χ1v) is 9.23. The van der Waals surface area contributed by atoms with Gasteiger partial charge in [-0.05, 0) is 42.8 Å². The van der Waals surface area contributed by atoms with Crippen LogP contribution in [-0.4, -0.2) is 34.5 Å². The van der Waals surface area contributed by atoms with Crippen LogP contribution in [0.4, 0.5) is 5.69 Å². The van der Waals surface area contributed by atoms with Gasteiger partial charge >= 0.3 is 0 Å². The number of nitrogens with one attached hydrogen (secondary N) is 1. The van der Waals surface area contributed by atoms with E-state index in [9.17, 15) is 4.79 Å². The molecule has 4 heterocycles. The van der Waals surface area contributed by atoms with Gasteiger partial charge in [0.15, 0.2) is 16.6 Å². The van der Waals surface area contributed by atoms with E-state index in [1.807, 2.05) is 28.8 Å². The molecule has 1 N–H and O–H groups in total. The van der Waals surface area contributed by atoms with Crippen LogP contribution in [0.3, 0.4) is 0 Å². The number of aromatic nitrogens is 1. The van der Waals surface area contributed by atoms with Crippen molar-refractivity contribution in [3.05, 3.63) is 52.4 Å². The van der Waals surface area contributed by atoms with Gasteiger partial charge < -0.3 is 24.3 Å². The Morgan fingerprint density at radius 1 is 1.12 bits per heavy atom. The van der Waals surface area contributed by atoms with Crippen LogP contribution in [0.25, 0.3) is 0 Å². The minimum atomic E-state index is 0.103. The third-order valence-corrected chi connectivity index (χ3v) is 5.75. The van der Waals surface area contributed by atoms with Gasteiger partial charge in [0.25, 0.3) is 5.56 Å². The molecule has 134 valence electrons. The molecule has 26 heavy (non-hydrogen) atoms. The molecule has 7 heteroatoms. The molecular weight excluding hydrogens is 350 g/mol. The smallest absolute Gasteiger partial charge is 0.250 e. The summed E-state index contributed by atoms with van der Waals surface area (Å²) in [6, 6.07) is 11.3. The molecule has 1 aromatic heterocycles. The number of anilines is 1. The number of thiocarbonyl (C=S) groups is 1. The predicted molar refractivity (Wildman–Crippen MR) is 102 cm³/mol. The molecule has 2 aromatic rings. The lowest BCUT2D eigenvalue weighted by Gasteiger charge is -2.43. The van der Waals surface area contributed by atoms with E-state index in [1.165, 1.54) is 0 Å². The van der Waals surface area contributed by atoms with Crippen molar-refractivity contribution in [2.75, 3.05) is 25.2 Å². The van der Waals surface area contributed by atoms with Gasteiger partial charge in [-0.2, -0.15) is 0 Å². The van der Waals surface area contributed by atoms with Gasteiger partial charge in [-0.1, -0.05) is 6.07 Å². The van der Waals surface area contributed by atoms with Gasteiger partial charge in [0.2, 0.25) is 6.79 Å². The van der Waals surface area contributed by atoms with Crippen molar-refractivity contribution in [2.45, 2.75) is 18.9 Å². The summed E-state index contributed by atoms with van der Waals surface area (Å²) in [4.78, 5) is 14.4. The number of benzene rings is 1. The molecule has 0 spiro atoms. The summed E-state index contributed by atoms with van der Waals surface area (Å²) in [5.74, 6) is 2.28. The molecule has 6 nitrogen and oxygen atoms in total. The zero-order chi connectivity index (χ0) is 17.7. The van der Waals surface area contributed by atoms with Crippen molar-refractivity contribution >= 4 is 23.0 Å². The summed E-state index contributed by atoms with van der Waals surface area (Å²) < 4.78 is 12.7. The third kappa shape index (κ3) is 2.63. The summed E-state index contributed by atoms with van der Waals surface area (Å²) in [5, 5.41) is 4.03. The van der Waals surface area contributed by atoms with Crippen LogP contribution in [0.15, 0.2) is 41.2 Å². The van der Waals surface area contributed by atoms with E-state index in [4.69, 9.17) is 21.7 Å². The molecule has 0 amide bonds. The number of hydrogen-bond acceptors (Lipinski definition) is 4.